The number of nitriles is 1. The second-order valence-corrected chi connectivity index (χ2v) is 7.48. The van der Waals surface area contributed by atoms with Crippen molar-refractivity contribution in [3.8, 4) is 6.07 Å². The average Bonchev–Trinajstić information content (AvgIpc) is 3.03. The van der Waals surface area contributed by atoms with Crippen molar-refractivity contribution < 1.29 is 4.79 Å². The van der Waals surface area contributed by atoms with Gasteiger partial charge in [-0.25, -0.2) is 0 Å². The number of nitrogens with one attached hydrogen (secondary N) is 2. The Labute approximate surface area is 160 Å². The Morgan fingerprint density at radius 2 is 1.96 bits per heavy atom. The van der Waals surface area contributed by atoms with Gasteiger partial charge >= 0.3 is 0 Å². The molecule has 0 unspecified atom stereocenters. The average molecular weight is 379 g/mol. The van der Waals surface area contributed by atoms with Gasteiger partial charge in [0, 0.05) is 31.7 Å². The van der Waals surface area contributed by atoms with Crippen molar-refractivity contribution in [2.24, 2.45) is 5.41 Å². The second-order valence-electron chi connectivity index (χ2n) is 7.48. The molecule has 6 nitrogen and oxygen atoms in total. The van der Waals surface area contributed by atoms with E-state index in [9.17, 15) is 9.59 Å². The summed E-state index contributed by atoms with van der Waals surface area (Å²) in [7, 11) is 0. The number of pyridine rings is 1. The van der Waals surface area contributed by atoms with Crippen LogP contribution in [-0.4, -0.2) is 42.0 Å². The van der Waals surface area contributed by atoms with Crippen LogP contribution in [0.5, 0.6) is 0 Å². The first-order valence-electron chi connectivity index (χ1n) is 9.07. The molecule has 1 aromatic heterocycles. The lowest BCUT2D eigenvalue weighted by atomic mass is 9.78. The van der Waals surface area contributed by atoms with Crippen LogP contribution in [0.2, 0.25) is 0 Å². The minimum Gasteiger partial charge on any atom is -0.343 e. The summed E-state index contributed by atoms with van der Waals surface area (Å²) in [5.41, 5.74) is 2.58. The van der Waals surface area contributed by atoms with Crippen molar-refractivity contribution in [2.75, 3.05) is 26.2 Å². The van der Waals surface area contributed by atoms with E-state index in [2.05, 4.69) is 10.3 Å². The van der Waals surface area contributed by atoms with Crippen LogP contribution in [0.25, 0.3) is 0 Å². The number of rotatable bonds is 3. The molecule has 0 atom stereocenters. The van der Waals surface area contributed by atoms with Crippen LogP contribution in [0.3, 0.4) is 0 Å². The van der Waals surface area contributed by atoms with Gasteiger partial charge in [0.25, 0.3) is 5.56 Å². The maximum Gasteiger partial charge on any atom is 0.266 e. The molecule has 3 heterocycles. The SMILES string of the molecule is Cc1[nH]c(=O)c(C#N)c(C)c1CCC(=O)N1CCC2(CCNC2)CC1.Cl. The highest BCUT2D eigenvalue weighted by Gasteiger charge is 2.37. The molecule has 3 rings (SSSR count). The number of aromatic nitrogens is 1. The summed E-state index contributed by atoms with van der Waals surface area (Å²) in [6.45, 7) is 7.48. The minimum absolute atomic E-state index is 0. The van der Waals surface area contributed by atoms with Crippen molar-refractivity contribution in [1.29, 1.82) is 5.26 Å². The van der Waals surface area contributed by atoms with E-state index in [4.69, 9.17) is 5.26 Å². The Hall–Kier alpha value is -1.84. The maximum atomic E-state index is 12.6. The van der Waals surface area contributed by atoms with Gasteiger partial charge in [-0.15, -0.1) is 12.4 Å². The molecule has 0 radical (unpaired) electrons. The summed E-state index contributed by atoms with van der Waals surface area (Å²) in [5.74, 6) is 0.171. The van der Waals surface area contributed by atoms with E-state index in [1.165, 1.54) is 6.42 Å². The number of hydrogen-bond acceptors (Lipinski definition) is 4. The molecule has 26 heavy (non-hydrogen) atoms. The monoisotopic (exact) mass is 378 g/mol. The van der Waals surface area contributed by atoms with Gasteiger partial charge in [-0.1, -0.05) is 0 Å². The van der Waals surface area contributed by atoms with Gasteiger partial charge in [0.2, 0.25) is 5.91 Å². The minimum atomic E-state index is -0.348. The topological polar surface area (TPSA) is 89.0 Å². The predicted molar refractivity (Wildman–Crippen MR) is 103 cm³/mol. The summed E-state index contributed by atoms with van der Waals surface area (Å²) < 4.78 is 0. The first kappa shape index (κ1) is 20.5. The molecular formula is C19H27ClN4O2. The standard InChI is InChI=1S/C19H26N4O2.ClH/c1-13-15(14(2)22-18(25)16(13)11-20)3-4-17(24)23-9-6-19(7-10-23)5-8-21-12-19;/h21H,3-10,12H2,1-2H3,(H,22,25);1H. The van der Waals surface area contributed by atoms with E-state index in [0.29, 0.717) is 23.8 Å². The highest BCUT2D eigenvalue weighted by atomic mass is 35.5. The number of amides is 1. The zero-order chi connectivity index (χ0) is 18.0. The molecule has 0 bridgehead atoms. The Balaban J connectivity index is 0.00000243. The van der Waals surface area contributed by atoms with Gasteiger partial charge in [0.15, 0.2) is 0 Å². The van der Waals surface area contributed by atoms with Crippen molar-refractivity contribution in [3.63, 3.8) is 0 Å². The molecule has 142 valence electrons. The Morgan fingerprint density at radius 1 is 1.27 bits per heavy atom. The molecule has 2 aliphatic rings. The van der Waals surface area contributed by atoms with Crippen LogP contribution in [0.4, 0.5) is 0 Å². The molecular weight excluding hydrogens is 352 g/mol. The van der Waals surface area contributed by atoms with Gasteiger partial charge in [0.05, 0.1) is 0 Å². The van der Waals surface area contributed by atoms with Crippen LogP contribution in [0, 0.1) is 30.6 Å². The Morgan fingerprint density at radius 3 is 2.54 bits per heavy atom. The molecule has 1 spiro atoms. The summed E-state index contributed by atoms with van der Waals surface area (Å²) in [6.07, 6.45) is 4.37. The maximum absolute atomic E-state index is 12.6. The van der Waals surface area contributed by atoms with Gasteiger partial charge in [0.1, 0.15) is 11.6 Å². The zero-order valence-electron chi connectivity index (χ0n) is 15.5. The lowest BCUT2D eigenvalue weighted by Gasteiger charge is -2.39. The normalized spacial score (nSPS) is 18.4. The summed E-state index contributed by atoms with van der Waals surface area (Å²) >= 11 is 0. The third-order valence-corrected chi connectivity index (χ3v) is 6.02. The van der Waals surface area contributed by atoms with Crippen LogP contribution in [-0.2, 0) is 11.2 Å². The van der Waals surface area contributed by atoms with Gasteiger partial charge < -0.3 is 15.2 Å². The molecule has 0 aromatic carbocycles. The van der Waals surface area contributed by atoms with Crippen LogP contribution >= 0.6 is 12.4 Å². The lowest BCUT2D eigenvalue weighted by Crippen LogP contribution is -2.44. The molecule has 2 fully saturated rings. The lowest BCUT2D eigenvalue weighted by molar-refractivity contribution is -0.133. The highest BCUT2D eigenvalue weighted by molar-refractivity contribution is 5.85. The number of carbonyl (C=O) groups is 1. The number of aromatic amines is 1. The Kier molecular flexibility index (Phi) is 6.48. The van der Waals surface area contributed by atoms with Crippen LogP contribution < -0.4 is 10.9 Å². The number of halogens is 1. The first-order valence-corrected chi connectivity index (χ1v) is 9.07. The number of carbonyl (C=O) groups excluding carboxylic acids is 1. The fraction of sp³-hybridized carbons (Fsp3) is 0.632. The van der Waals surface area contributed by atoms with Crippen molar-refractivity contribution in [3.05, 3.63) is 32.7 Å². The number of hydrogen-bond donors (Lipinski definition) is 2. The third-order valence-electron chi connectivity index (χ3n) is 6.02. The number of piperidine rings is 1. The van der Waals surface area contributed by atoms with Crippen molar-refractivity contribution >= 4 is 18.3 Å². The van der Waals surface area contributed by atoms with Crippen LogP contribution in [0.15, 0.2) is 4.79 Å². The molecule has 2 saturated heterocycles. The van der Waals surface area contributed by atoms with Crippen molar-refractivity contribution in [2.45, 2.75) is 46.0 Å². The van der Waals surface area contributed by atoms with Crippen LogP contribution in [0.1, 0.15) is 48.1 Å². The van der Waals surface area contributed by atoms with E-state index in [1.54, 1.807) is 6.92 Å². The predicted octanol–water partition coefficient (Wildman–Crippen LogP) is 1.82. The Bertz CT molecular complexity index is 765. The third kappa shape index (κ3) is 3.94. The first-order chi connectivity index (χ1) is 12.0. The molecule has 0 saturated carbocycles. The van der Waals surface area contributed by atoms with E-state index in [0.717, 1.165) is 50.3 Å². The summed E-state index contributed by atoms with van der Waals surface area (Å²) in [6, 6.07) is 1.96. The van der Waals surface area contributed by atoms with Crippen molar-refractivity contribution in [1.82, 2.24) is 15.2 Å². The number of H-pyrrole nitrogens is 1. The molecule has 1 aromatic rings. The number of likely N-dealkylation sites (tertiary alicyclic amines) is 1. The smallest absolute Gasteiger partial charge is 0.266 e. The highest BCUT2D eigenvalue weighted by Crippen LogP contribution is 2.37. The fourth-order valence-corrected chi connectivity index (χ4v) is 4.26. The summed E-state index contributed by atoms with van der Waals surface area (Å²) in [5, 5.41) is 12.6. The second kappa shape index (κ2) is 8.24. The molecule has 7 heteroatoms. The number of nitrogens with zero attached hydrogens (tertiary/aromatic N) is 2. The molecule has 0 aliphatic carbocycles. The van der Waals surface area contributed by atoms with E-state index >= 15 is 0 Å². The molecule has 1 amide bonds. The van der Waals surface area contributed by atoms with Gasteiger partial charge in [-0.3, -0.25) is 9.59 Å². The largest absolute Gasteiger partial charge is 0.343 e. The summed E-state index contributed by atoms with van der Waals surface area (Å²) in [4.78, 5) is 29.1. The quantitative estimate of drug-likeness (QED) is 0.839. The zero-order valence-corrected chi connectivity index (χ0v) is 16.3. The van der Waals surface area contributed by atoms with E-state index in [-0.39, 0.29) is 29.4 Å². The molecule has 2 aliphatic heterocycles. The van der Waals surface area contributed by atoms with E-state index in [1.807, 2.05) is 17.9 Å². The molecule has 2 N–H and O–H groups in total. The van der Waals surface area contributed by atoms with Gasteiger partial charge in [-0.05, 0) is 62.6 Å². The van der Waals surface area contributed by atoms with E-state index < -0.39 is 0 Å². The van der Waals surface area contributed by atoms with Gasteiger partial charge in [-0.2, -0.15) is 5.26 Å². The number of aryl methyl sites for hydroxylation is 1. The fourth-order valence-electron chi connectivity index (χ4n) is 4.26.